The van der Waals surface area contributed by atoms with Gasteiger partial charge in [0, 0.05) is 6.61 Å². The van der Waals surface area contributed by atoms with E-state index in [2.05, 4.69) is 6.58 Å². The first kappa shape index (κ1) is 18.1. The molecule has 5 nitrogen and oxygen atoms in total. The number of hydrogen-bond acceptors (Lipinski definition) is 5. The second-order valence-corrected chi connectivity index (χ2v) is 4.04. The van der Waals surface area contributed by atoms with Crippen LogP contribution in [0, 0.1) is 0 Å². The van der Waals surface area contributed by atoms with Gasteiger partial charge in [-0.1, -0.05) is 19.9 Å². The van der Waals surface area contributed by atoms with Crippen LogP contribution in [0.15, 0.2) is 12.2 Å². The lowest BCUT2D eigenvalue weighted by Crippen LogP contribution is -2.18. The molecule has 0 aromatic carbocycles. The molecule has 0 aliphatic rings. The van der Waals surface area contributed by atoms with Crippen LogP contribution in [-0.4, -0.2) is 45.3 Å². The van der Waals surface area contributed by atoms with Crippen LogP contribution in [-0.2, 0) is 23.7 Å². The number of rotatable bonds is 12. The van der Waals surface area contributed by atoms with E-state index in [1.54, 1.807) is 0 Å². The van der Waals surface area contributed by atoms with Crippen LogP contribution in [0.3, 0.4) is 0 Å². The van der Waals surface area contributed by atoms with Gasteiger partial charge < -0.3 is 18.9 Å². The molecule has 0 rings (SSSR count). The Morgan fingerprint density at radius 2 is 1.89 bits per heavy atom. The van der Waals surface area contributed by atoms with Crippen molar-refractivity contribution in [2.45, 2.75) is 39.9 Å². The van der Waals surface area contributed by atoms with Gasteiger partial charge in [-0.05, 0) is 20.3 Å². The Kier molecular flexibility index (Phi) is 11.6. The van der Waals surface area contributed by atoms with Crippen molar-refractivity contribution in [3.05, 3.63) is 12.2 Å². The average Bonchev–Trinajstić information content (AvgIpc) is 2.38. The lowest BCUT2D eigenvalue weighted by Gasteiger charge is -2.13. The molecule has 0 radical (unpaired) electrons. The van der Waals surface area contributed by atoms with E-state index < -0.39 is 5.97 Å². The summed E-state index contributed by atoms with van der Waals surface area (Å²) in [6.07, 6.45) is 1.62. The molecule has 0 aliphatic heterocycles. The van der Waals surface area contributed by atoms with Gasteiger partial charge in [0.15, 0.2) is 6.29 Å². The highest BCUT2D eigenvalue weighted by molar-refractivity contribution is 5.87. The van der Waals surface area contributed by atoms with Crippen LogP contribution in [0.2, 0.25) is 0 Å². The van der Waals surface area contributed by atoms with Crippen molar-refractivity contribution in [3.63, 3.8) is 0 Å². The predicted molar refractivity (Wildman–Crippen MR) is 72.9 cm³/mol. The zero-order valence-electron chi connectivity index (χ0n) is 12.3. The van der Waals surface area contributed by atoms with Gasteiger partial charge >= 0.3 is 5.97 Å². The van der Waals surface area contributed by atoms with Crippen molar-refractivity contribution in [1.29, 1.82) is 0 Å². The summed E-state index contributed by atoms with van der Waals surface area (Å²) in [4.78, 5) is 11.4. The summed E-state index contributed by atoms with van der Waals surface area (Å²) in [5.74, 6) is -0.392. The van der Waals surface area contributed by atoms with Crippen molar-refractivity contribution < 1.29 is 23.7 Å². The minimum Gasteiger partial charge on any atom is -0.462 e. The quantitative estimate of drug-likeness (QED) is 0.236. The first-order valence-corrected chi connectivity index (χ1v) is 6.77. The lowest BCUT2D eigenvalue weighted by atomic mass is 10.3. The first-order chi connectivity index (χ1) is 9.11. The summed E-state index contributed by atoms with van der Waals surface area (Å²) in [6, 6.07) is 0. The van der Waals surface area contributed by atoms with E-state index in [1.165, 1.54) is 0 Å². The van der Waals surface area contributed by atoms with Crippen LogP contribution in [0.25, 0.3) is 0 Å². The molecule has 0 fully saturated rings. The van der Waals surface area contributed by atoms with Gasteiger partial charge in [0.05, 0.1) is 32.0 Å². The van der Waals surface area contributed by atoms with Crippen LogP contribution in [0.1, 0.15) is 33.6 Å². The van der Waals surface area contributed by atoms with E-state index in [-0.39, 0.29) is 12.9 Å². The van der Waals surface area contributed by atoms with E-state index in [0.717, 1.165) is 12.8 Å². The smallest absolute Gasteiger partial charge is 0.335 e. The zero-order chi connectivity index (χ0) is 14.5. The molecule has 0 aliphatic carbocycles. The largest absolute Gasteiger partial charge is 0.462 e. The van der Waals surface area contributed by atoms with E-state index in [9.17, 15) is 4.79 Å². The summed E-state index contributed by atoms with van der Waals surface area (Å²) in [7, 11) is 0. The number of carbonyl (C=O) groups is 1. The third-order valence-electron chi connectivity index (χ3n) is 2.28. The summed E-state index contributed by atoms with van der Waals surface area (Å²) in [6.45, 7) is 11.4. The van der Waals surface area contributed by atoms with Gasteiger partial charge in [-0.3, -0.25) is 0 Å². The van der Waals surface area contributed by atoms with Gasteiger partial charge in [0.1, 0.15) is 0 Å². The minimum atomic E-state index is -0.392. The van der Waals surface area contributed by atoms with Gasteiger partial charge in [-0.2, -0.15) is 0 Å². The van der Waals surface area contributed by atoms with Crippen LogP contribution in [0.4, 0.5) is 0 Å². The lowest BCUT2D eigenvalue weighted by molar-refractivity contribution is -0.142. The molecule has 0 saturated carbocycles. The summed E-state index contributed by atoms with van der Waals surface area (Å²) in [5.41, 5.74) is 0.328. The fraction of sp³-hybridized carbons (Fsp3) is 0.786. The fourth-order valence-corrected chi connectivity index (χ4v) is 1.22. The standard InChI is InChI=1S/C14H26O5/c1-5-7-8-19-14(15)12(3)11-16-9-10-18-13(4)17-6-2/h13H,3,5-11H2,1-2,4H3. The molecular weight excluding hydrogens is 248 g/mol. The Labute approximate surface area is 115 Å². The third kappa shape index (κ3) is 10.7. The third-order valence-corrected chi connectivity index (χ3v) is 2.28. The molecule has 1 unspecified atom stereocenters. The fourth-order valence-electron chi connectivity index (χ4n) is 1.22. The molecule has 0 N–H and O–H groups in total. The zero-order valence-corrected chi connectivity index (χ0v) is 12.3. The highest BCUT2D eigenvalue weighted by Gasteiger charge is 2.08. The van der Waals surface area contributed by atoms with Crippen molar-refractivity contribution in [2.24, 2.45) is 0 Å². The average molecular weight is 274 g/mol. The molecule has 0 spiro atoms. The molecule has 1 atom stereocenters. The maximum atomic E-state index is 11.4. The Morgan fingerprint density at radius 1 is 1.16 bits per heavy atom. The molecule has 0 aromatic heterocycles. The summed E-state index contributed by atoms with van der Waals surface area (Å²) in [5, 5.41) is 0. The van der Waals surface area contributed by atoms with Crippen molar-refractivity contribution in [3.8, 4) is 0 Å². The number of unbranched alkanes of at least 4 members (excludes halogenated alkanes) is 1. The SMILES string of the molecule is C=C(COCCOC(C)OCC)C(=O)OCCCC. The Balaban J connectivity index is 3.49. The second kappa shape index (κ2) is 12.1. The normalized spacial score (nSPS) is 12.2. The van der Waals surface area contributed by atoms with E-state index in [4.69, 9.17) is 18.9 Å². The topological polar surface area (TPSA) is 54.0 Å². The summed E-state index contributed by atoms with van der Waals surface area (Å²) < 4.78 is 20.8. The predicted octanol–water partition coefficient (Wildman–Crippen LogP) is 2.30. The maximum Gasteiger partial charge on any atom is 0.335 e. The van der Waals surface area contributed by atoms with E-state index in [0.29, 0.717) is 32.0 Å². The van der Waals surface area contributed by atoms with Crippen molar-refractivity contribution in [1.82, 2.24) is 0 Å². The van der Waals surface area contributed by atoms with E-state index >= 15 is 0 Å². The van der Waals surface area contributed by atoms with E-state index in [1.807, 2.05) is 20.8 Å². The number of esters is 1. The van der Waals surface area contributed by atoms with Crippen molar-refractivity contribution in [2.75, 3.05) is 33.0 Å². The number of carbonyl (C=O) groups excluding carboxylic acids is 1. The molecular formula is C14H26O5. The molecule has 0 saturated heterocycles. The van der Waals surface area contributed by atoms with Crippen molar-refractivity contribution >= 4 is 5.97 Å². The maximum absolute atomic E-state index is 11.4. The van der Waals surface area contributed by atoms with Gasteiger partial charge in [-0.25, -0.2) is 4.79 Å². The highest BCUT2D eigenvalue weighted by atomic mass is 16.7. The monoisotopic (exact) mass is 274 g/mol. The Morgan fingerprint density at radius 3 is 2.53 bits per heavy atom. The van der Waals surface area contributed by atoms with Crippen LogP contribution >= 0.6 is 0 Å². The molecule has 19 heavy (non-hydrogen) atoms. The second-order valence-electron chi connectivity index (χ2n) is 4.04. The van der Waals surface area contributed by atoms with Gasteiger partial charge in [-0.15, -0.1) is 0 Å². The van der Waals surface area contributed by atoms with Crippen LogP contribution < -0.4 is 0 Å². The molecule has 0 aromatic rings. The molecule has 0 bridgehead atoms. The first-order valence-electron chi connectivity index (χ1n) is 6.77. The number of hydrogen-bond donors (Lipinski definition) is 0. The molecule has 0 heterocycles. The summed E-state index contributed by atoms with van der Waals surface area (Å²) >= 11 is 0. The van der Waals surface area contributed by atoms with Gasteiger partial charge in [0.25, 0.3) is 0 Å². The Hall–Kier alpha value is -0.910. The molecule has 112 valence electrons. The van der Waals surface area contributed by atoms with Gasteiger partial charge in [0.2, 0.25) is 0 Å². The number of ether oxygens (including phenoxy) is 4. The minimum absolute atomic E-state index is 0.164. The Bertz CT molecular complexity index is 252. The van der Waals surface area contributed by atoms with Crippen LogP contribution in [0.5, 0.6) is 0 Å². The highest BCUT2D eigenvalue weighted by Crippen LogP contribution is 1.99. The molecule has 0 amide bonds. The molecule has 5 heteroatoms.